The molecule has 2 nitrogen and oxygen atoms in total. The van der Waals surface area contributed by atoms with Crippen LogP contribution in [0.1, 0.15) is 70.6 Å². The Morgan fingerprint density at radius 1 is 1.06 bits per heavy atom. The van der Waals surface area contributed by atoms with Crippen LogP contribution in [-0.4, -0.2) is 24.0 Å². The molecule has 1 fully saturated rings. The van der Waals surface area contributed by atoms with Gasteiger partial charge in [0.05, 0.1) is 0 Å². The van der Waals surface area contributed by atoms with E-state index in [2.05, 4.69) is 11.6 Å². The zero-order chi connectivity index (χ0) is 13.1. The largest absolute Gasteiger partial charge is 0.353 e. The van der Waals surface area contributed by atoms with Crippen LogP contribution in [0.3, 0.4) is 0 Å². The van der Waals surface area contributed by atoms with E-state index >= 15 is 0 Å². The van der Waals surface area contributed by atoms with Crippen molar-refractivity contribution < 1.29 is 4.79 Å². The fourth-order valence-electron chi connectivity index (χ4n) is 2.61. The van der Waals surface area contributed by atoms with Crippen LogP contribution in [0, 0.1) is 0 Å². The van der Waals surface area contributed by atoms with E-state index in [1.54, 1.807) is 0 Å². The zero-order valence-corrected chi connectivity index (χ0v) is 12.7. The van der Waals surface area contributed by atoms with Crippen LogP contribution in [-0.2, 0) is 4.79 Å². The van der Waals surface area contributed by atoms with E-state index in [1.165, 1.54) is 63.5 Å². The fraction of sp³-hybridized carbons (Fsp3) is 0.933. The summed E-state index contributed by atoms with van der Waals surface area (Å²) < 4.78 is 0. The Morgan fingerprint density at radius 3 is 2.33 bits per heavy atom. The molecule has 0 aromatic rings. The molecule has 1 saturated carbocycles. The molecule has 3 heteroatoms. The lowest BCUT2D eigenvalue weighted by Crippen LogP contribution is -2.32. The predicted molar refractivity (Wildman–Crippen MR) is 81.1 cm³/mol. The molecule has 106 valence electrons. The summed E-state index contributed by atoms with van der Waals surface area (Å²) in [7, 11) is 0. The SMILES string of the molecule is CSCCCCCCCCC(=O)NC1CCCC1. The van der Waals surface area contributed by atoms with Crippen molar-refractivity contribution in [1.82, 2.24) is 5.32 Å². The molecule has 0 aromatic carbocycles. The number of rotatable bonds is 10. The molecule has 1 aliphatic rings. The molecule has 0 aromatic heterocycles. The lowest BCUT2D eigenvalue weighted by atomic mass is 10.1. The van der Waals surface area contributed by atoms with Crippen molar-refractivity contribution in [3.05, 3.63) is 0 Å². The summed E-state index contributed by atoms with van der Waals surface area (Å²) in [6, 6.07) is 0.490. The van der Waals surface area contributed by atoms with Crippen LogP contribution in [0.15, 0.2) is 0 Å². The van der Waals surface area contributed by atoms with E-state index in [-0.39, 0.29) is 5.91 Å². The smallest absolute Gasteiger partial charge is 0.220 e. The maximum atomic E-state index is 11.7. The highest BCUT2D eigenvalue weighted by atomic mass is 32.2. The second kappa shape index (κ2) is 10.7. The van der Waals surface area contributed by atoms with Crippen molar-refractivity contribution in [1.29, 1.82) is 0 Å². The van der Waals surface area contributed by atoms with Crippen molar-refractivity contribution in [2.24, 2.45) is 0 Å². The number of carbonyl (C=O) groups is 1. The van der Waals surface area contributed by atoms with Crippen LogP contribution in [0.5, 0.6) is 0 Å². The van der Waals surface area contributed by atoms with Crippen LogP contribution in [0.4, 0.5) is 0 Å². The summed E-state index contributed by atoms with van der Waals surface area (Å²) in [5, 5.41) is 3.16. The zero-order valence-electron chi connectivity index (χ0n) is 11.9. The third-order valence-electron chi connectivity index (χ3n) is 3.72. The molecule has 0 aliphatic heterocycles. The van der Waals surface area contributed by atoms with E-state index in [0.29, 0.717) is 6.04 Å². The Balaban J connectivity index is 1.83. The first-order valence-electron chi connectivity index (χ1n) is 7.61. The molecule has 0 bridgehead atoms. The third kappa shape index (κ3) is 8.02. The number of carbonyl (C=O) groups excluding carboxylic acids is 1. The highest BCUT2D eigenvalue weighted by molar-refractivity contribution is 7.98. The van der Waals surface area contributed by atoms with Gasteiger partial charge in [-0.3, -0.25) is 4.79 Å². The second-order valence-corrected chi connectivity index (χ2v) is 6.40. The van der Waals surface area contributed by atoms with Gasteiger partial charge >= 0.3 is 0 Å². The van der Waals surface area contributed by atoms with Crippen molar-refractivity contribution in [2.75, 3.05) is 12.0 Å². The molecule has 18 heavy (non-hydrogen) atoms. The monoisotopic (exact) mass is 271 g/mol. The highest BCUT2D eigenvalue weighted by Gasteiger charge is 2.16. The maximum Gasteiger partial charge on any atom is 0.220 e. The minimum atomic E-state index is 0.282. The first-order valence-corrected chi connectivity index (χ1v) is 9.00. The van der Waals surface area contributed by atoms with E-state index in [4.69, 9.17) is 0 Å². The average molecular weight is 271 g/mol. The minimum absolute atomic E-state index is 0.282. The normalized spacial score (nSPS) is 16.1. The van der Waals surface area contributed by atoms with Crippen LogP contribution < -0.4 is 5.32 Å². The van der Waals surface area contributed by atoms with Crippen molar-refractivity contribution >= 4 is 17.7 Å². The number of thioether (sulfide) groups is 1. The summed E-state index contributed by atoms with van der Waals surface area (Å²) in [6.07, 6.45) is 15.5. The summed E-state index contributed by atoms with van der Waals surface area (Å²) >= 11 is 1.94. The fourth-order valence-corrected chi connectivity index (χ4v) is 3.10. The number of unbranched alkanes of at least 4 members (excludes halogenated alkanes) is 5. The summed E-state index contributed by atoms with van der Waals surface area (Å²) in [5.74, 6) is 1.58. The Hall–Kier alpha value is -0.180. The van der Waals surface area contributed by atoms with Gasteiger partial charge in [0.15, 0.2) is 0 Å². The number of nitrogens with one attached hydrogen (secondary N) is 1. The molecular formula is C15H29NOS. The molecule has 0 heterocycles. The van der Waals surface area contributed by atoms with Gasteiger partial charge in [-0.05, 0) is 37.7 Å². The van der Waals surface area contributed by atoms with Gasteiger partial charge in [0.1, 0.15) is 0 Å². The van der Waals surface area contributed by atoms with E-state index in [0.717, 1.165) is 12.8 Å². The van der Waals surface area contributed by atoms with E-state index in [9.17, 15) is 4.79 Å². The van der Waals surface area contributed by atoms with Crippen molar-refractivity contribution in [3.63, 3.8) is 0 Å². The predicted octanol–water partition coefficient (Wildman–Crippen LogP) is 4.14. The lowest BCUT2D eigenvalue weighted by molar-refractivity contribution is -0.121. The van der Waals surface area contributed by atoms with Crippen molar-refractivity contribution in [2.45, 2.75) is 76.7 Å². The Bertz CT molecular complexity index is 215. The first-order chi connectivity index (χ1) is 8.83. The summed E-state index contributed by atoms with van der Waals surface area (Å²) in [4.78, 5) is 11.7. The third-order valence-corrected chi connectivity index (χ3v) is 4.42. The Morgan fingerprint density at radius 2 is 1.67 bits per heavy atom. The van der Waals surface area contributed by atoms with Crippen LogP contribution >= 0.6 is 11.8 Å². The molecule has 1 amide bonds. The van der Waals surface area contributed by atoms with Crippen LogP contribution in [0.25, 0.3) is 0 Å². The van der Waals surface area contributed by atoms with Gasteiger partial charge in [0.25, 0.3) is 0 Å². The highest BCUT2D eigenvalue weighted by Crippen LogP contribution is 2.18. The Kier molecular flexibility index (Phi) is 9.45. The van der Waals surface area contributed by atoms with Gasteiger partial charge in [-0.15, -0.1) is 0 Å². The maximum absolute atomic E-state index is 11.7. The molecule has 0 unspecified atom stereocenters. The van der Waals surface area contributed by atoms with Gasteiger partial charge in [0.2, 0.25) is 5.91 Å². The average Bonchev–Trinajstić information content (AvgIpc) is 2.85. The van der Waals surface area contributed by atoms with Crippen molar-refractivity contribution in [3.8, 4) is 0 Å². The summed E-state index contributed by atoms with van der Waals surface area (Å²) in [5.41, 5.74) is 0. The van der Waals surface area contributed by atoms with Gasteiger partial charge in [-0.25, -0.2) is 0 Å². The first kappa shape index (κ1) is 15.9. The van der Waals surface area contributed by atoms with Gasteiger partial charge in [-0.2, -0.15) is 11.8 Å². The lowest BCUT2D eigenvalue weighted by Gasteiger charge is -2.11. The molecule has 1 rings (SSSR count). The van der Waals surface area contributed by atoms with Gasteiger partial charge in [-0.1, -0.05) is 38.5 Å². The minimum Gasteiger partial charge on any atom is -0.353 e. The molecule has 0 saturated heterocycles. The van der Waals surface area contributed by atoms with E-state index in [1.807, 2.05) is 11.8 Å². The number of amides is 1. The van der Waals surface area contributed by atoms with Gasteiger partial charge in [0, 0.05) is 12.5 Å². The molecule has 1 N–H and O–H groups in total. The topological polar surface area (TPSA) is 29.1 Å². The van der Waals surface area contributed by atoms with Crippen LogP contribution in [0.2, 0.25) is 0 Å². The Labute approximate surface area is 117 Å². The molecule has 0 radical (unpaired) electrons. The molecular weight excluding hydrogens is 242 g/mol. The second-order valence-electron chi connectivity index (χ2n) is 5.41. The molecule has 1 aliphatic carbocycles. The van der Waals surface area contributed by atoms with Gasteiger partial charge < -0.3 is 5.32 Å². The number of hydrogen-bond acceptors (Lipinski definition) is 2. The quantitative estimate of drug-likeness (QED) is 0.605. The number of hydrogen-bond donors (Lipinski definition) is 1. The summed E-state index contributed by atoms with van der Waals surface area (Å²) in [6.45, 7) is 0. The standard InChI is InChI=1S/C15H29NOS/c1-18-13-9-5-3-2-4-6-12-15(17)16-14-10-7-8-11-14/h14H,2-13H2,1H3,(H,16,17). The van der Waals surface area contributed by atoms with E-state index < -0.39 is 0 Å². The molecule has 0 spiro atoms. The molecule has 0 atom stereocenters.